The van der Waals surface area contributed by atoms with Gasteiger partial charge in [-0.2, -0.15) is 0 Å². The quantitative estimate of drug-likeness (QED) is 0.886. The van der Waals surface area contributed by atoms with Crippen molar-refractivity contribution >= 4 is 10.0 Å². The largest absolute Gasteiger partial charge is 0.243 e. The van der Waals surface area contributed by atoms with Crippen LogP contribution in [0.3, 0.4) is 0 Å². The van der Waals surface area contributed by atoms with Gasteiger partial charge in [-0.15, -0.1) is 0 Å². The van der Waals surface area contributed by atoms with E-state index < -0.39 is 26.6 Å². The van der Waals surface area contributed by atoms with Crippen LogP contribution in [0.2, 0.25) is 0 Å². The topological polar surface area (TPSA) is 46.2 Å². The average Bonchev–Trinajstić information content (AvgIpc) is 2.21. The minimum Gasteiger partial charge on any atom is -0.208 e. The Morgan fingerprint density at radius 1 is 1.35 bits per heavy atom. The highest BCUT2D eigenvalue weighted by atomic mass is 32.2. The Bertz CT molecular complexity index is 488. The van der Waals surface area contributed by atoms with Gasteiger partial charge in [0.05, 0.1) is 0 Å². The molecule has 0 aliphatic rings. The van der Waals surface area contributed by atoms with E-state index in [4.69, 9.17) is 0 Å². The van der Waals surface area contributed by atoms with E-state index in [-0.39, 0.29) is 6.04 Å². The van der Waals surface area contributed by atoms with Gasteiger partial charge in [0.15, 0.2) is 0 Å². The summed E-state index contributed by atoms with van der Waals surface area (Å²) in [6.07, 6.45) is 1.44. The average molecular weight is 263 g/mol. The number of sulfonamides is 1. The van der Waals surface area contributed by atoms with Crippen LogP contribution in [-0.4, -0.2) is 14.5 Å². The summed E-state index contributed by atoms with van der Waals surface area (Å²) in [7, 11) is -4.00. The molecular weight excluding hydrogens is 248 g/mol. The van der Waals surface area contributed by atoms with Gasteiger partial charge in [0, 0.05) is 6.04 Å². The second-order valence-corrected chi connectivity index (χ2v) is 5.57. The summed E-state index contributed by atoms with van der Waals surface area (Å²) >= 11 is 0. The van der Waals surface area contributed by atoms with Crippen molar-refractivity contribution in [3.05, 3.63) is 29.8 Å². The van der Waals surface area contributed by atoms with Crippen LogP contribution in [0, 0.1) is 11.6 Å². The predicted molar refractivity (Wildman–Crippen MR) is 61.0 cm³/mol. The molecule has 1 aromatic rings. The van der Waals surface area contributed by atoms with Crippen LogP contribution in [0.5, 0.6) is 0 Å². The van der Waals surface area contributed by atoms with E-state index in [0.717, 1.165) is 18.6 Å². The van der Waals surface area contributed by atoms with Crippen molar-refractivity contribution in [2.24, 2.45) is 0 Å². The first-order valence-electron chi connectivity index (χ1n) is 5.34. The molecule has 0 aliphatic carbocycles. The number of hydrogen-bond acceptors (Lipinski definition) is 2. The summed E-state index contributed by atoms with van der Waals surface area (Å²) in [6, 6.07) is 2.04. The van der Waals surface area contributed by atoms with Crippen LogP contribution in [-0.2, 0) is 10.0 Å². The maximum Gasteiger partial charge on any atom is 0.243 e. The maximum atomic E-state index is 13.3. The van der Waals surface area contributed by atoms with Crippen molar-refractivity contribution in [1.29, 1.82) is 0 Å². The molecule has 0 aliphatic heterocycles. The summed E-state index contributed by atoms with van der Waals surface area (Å²) in [6.45, 7) is 3.59. The van der Waals surface area contributed by atoms with Crippen molar-refractivity contribution in [1.82, 2.24) is 4.72 Å². The van der Waals surface area contributed by atoms with Gasteiger partial charge >= 0.3 is 0 Å². The van der Waals surface area contributed by atoms with Crippen molar-refractivity contribution in [3.63, 3.8) is 0 Å². The molecule has 1 unspecified atom stereocenters. The third-order valence-electron chi connectivity index (χ3n) is 2.26. The second-order valence-electron chi connectivity index (χ2n) is 3.89. The third-order valence-corrected chi connectivity index (χ3v) is 3.87. The molecule has 0 fully saturated rings. The molecule has 6 heteroatoms. The fourth-order valence-electron chi connectivity index (χ4n) is 1.50. The van der Waals surface area contributed by atoms with Gasteiger partial charge in [-0.25, -0.2) is 21.9 Å². The lowest BCUT2D eigenvalue weighted by atomic mass is 10.2. The number of rotatable bonds is 5. The Hall–Kier alpha value is -1.01. The Labute approximate surface area is 99.9 Å². The van der Waals surface area contributed by atoms with E-state index in [1.165, 1.54) is 0 Å². The molecule has 0 saturated heterocycles. The molecule has 1 aromatic carbocycles. The third kappa shape index (κ3) is 3.74. The van der Waals surface area contributed by atoms with Crippen LogP contribution < -0.4 is 4.72 Å². The summed E-state index contributed by atoms with van der Waals surface area (Å²) in [5.41, 5.74) is 0. The van der Waals surface area contributed by atoms with Gasteiger partial charge in [-0.3, -0.25) is 0 Å². The zero-order valence-corrected chi connectivity index (χ0v) is 10.5. The van der Waals surface area contributed by atoms with Crippen LogP contribution in [0.1, 0.15) is 26.7 Å². The molecule has 1 rings (SSSR count). The van der Waals surface area contributed by atoms with E-state index in [0.29, 0.717) is 12.5 Å². The maximum absolute atomic E-state index is 13.3. The fourth-order valence-corrected chi connectivity index (χ4v) is 2.87. The lowest BCUT2D eigenvalue weighted by molar-refractivity contribution is 0.525. The lowest BCUT2D eigenvalue weighted by Gasteiger charge is -2.13. The molecule has 0 spiro atoms. The highest BCUT2D eigenvalue weighted by Crippen LogP contribution is 2.16. The van der Waals surface area contributed by atoms with Crippen molar-refractivity contribution < 1.29 is 17.2 Å². The summed E-state index contributed by atoms with van der Waals surface area (Å²) in [5.74, 6) is -1.74. The molecule has 96 valence electrons. The highest BCUT2D eigenvalue weighted by molar-refractivity contribution is 7.89. The number of nitrogens with one attached hydrogen (secondary N) is 1. The van der Waals surface area contributed by atoms with Gasteiger partial charge in [-0.1, -0.05) is 13.3 Å². The van der Waals surface area contributed by atoms with Gasteiger partial charge in [0.2, 0.25) is 10.0 Å². The molecule has 17 heavy (non-hydrogen) atoms. The van der Waals surface area contributed by atoms with E-state index in [1.54, 1.807) is 6.92 Å². The summed E-state index contributed by atoms with van der Waals surface area (Å²) in [4.78, 5) is -0.652. The standard InChI is InChI=1S/C11H15F2NO2S/c1-3-4-8(2)14-17(15,16)11-7-9(12)5-6-10(11)13/h5-8,14H,3-4H2,1-2H3. The summed E-state index contributed by atoms with van der Waals surface area (Å²) < 4.78 is 52.1. The smallest absolute Gasteiger partial charge is 0.208 e. The van der Waals surface area contributed by atoms with Crippen molar-refractivity contribution in [3.8, 4) is 0 Å². The van der Waals surface area contributed by atoms with Crippen LogP contribution in [0.25, 0.3) is 0 Å². The van der Waals surface area contributed by atoms with Gasteiger partial charge in [-0.05, 0) is 31.5 Å². The minimum absolute atomic E-state index is 0.312. The second kappa shape index (κ2) is 5.55. The normalized spacial score (nSPS) is 13.6. The predicted octanol–water partition coefficient (Wildman–Crippen LogP) is 2.43. The first-order chi connectivity index (χ1) is 7.86. The zero-order valence-electron chi connectivity index (χ0n) is 9.70. The fraction of sp³-hybridized carbons (Fsp3) is 0.455. The van der Waals surface area contributed by atoms with E-state index >= 15 is 0 Å². The van der Waals surface area contributed by atoms with Gasteiger partial charge < -0.3 is 0 Å². The van der Waals surface area contributed by atoms with E-state index in [9.17, 15) is 17.2 Å². The summed E-state index contributed by atoms with van der Waals surface area (Å²) in [5, 5.41) is 0. The molecule has 0 amide bonds. The van der Waals surface area contributed by atoms with Gasteiger partial charge in [0.25, 0.3) is 0 Å². The van der Waals surface area contributed by atoms with E-state index in [1.807, 2.05) is 6.92 Å². The van der Waals surface area contributed by atoms with Gasteiger partial charge in [0.1, 0.15) is 16.5 Å². The molecular formula is C11H15F2NO2S. The molecule has 0 radical (unpaired) electrons. The molecule has 0 bridgehead atoms. The number of halogens is 2. The molecule has 0 heterocycles. The van der Waals surface area contributed by atoms with Crippen molar-refractivity contribution in [2.45, 2.75) is 37.6 Å². The monoisotopic (exact) mass is 263 g/mol. The Balaban J connectivity index is 3.01. The Morgan fingerprint density at radius 2 is 2.00 bits per heavy atom. The van der Waals surface area contributed by atoms with Crippen LogP contribution in [0.4, 0.5) is 8.78 Å². The Kier molecular flexibility index (Phi) is 4.59. The number of benzene rings is 1. The minimum atomic E-state index is -4.00. The highest BCUT2D eigenvalue weighted by Gasteiger charge is 2.21. The Morgan fingerprint density at radius 3 is 2.59 bits per heavy atom. The number of hydrogen-bond donors (Lipinski definition) is 1. The van der Waals surface area contributed by atoms with Crippen LogP contribution >= 0.6 is 0 Å². The lowest BCUT2D eigenvalue weighted by Crippen LogP contribution is -2.33. The van der Waals surface area contributed by atoms with Crippen molar-refractivity contribution in [2.75, 3.05) is 0 Å². The molecule has 1 N–H and O–H groups in total. The molecule has 1 atom stereocenters. The molecule has 0 aromatic heterocycles. The van der Waals surface area contributed by atoms with E-state index in [2.05, 4.69) is 4.72 Å². The SMILES string of the molecule is CCCC(C)NS(=O)(=O)c1cc(F)ccc1F. The first-order valence-corrected chi connectivity index (χ1v) is 6.82. The first kappa shape index (κ1) is 14.1. The molecule has 0 saturated carbocycles. The van der Waals surface area contributed by atoms with Crippen LogP contribution in [0.15, 0.2) is 23.1 Å². The zero-order chi connectivity index (χ0) is 13.1. The molecule has 3 nitrogen and oxygen atoms in total.